The molecule has 0 bridgehead atoms. The van der Waals surface area contributed by atoms with Crippen molar-refractivity contribution in [2.24, 2.45) is 0 Å². The molecule has 0 aromatic carbocycles. The molecule has 5 nitrogen and oxygen atoms in total. The fraction of sp³-hybridized carbons (Fsp3) is 0.600. The van der Waals surface area contributed by atoms with Crippen molar-refractivity contribution in [1.29, 1.82) is 0 Å². The summed E-state index contributed by atoms with van der Waals surface area (Å²) in [5.74, 6) is -0.133. The Kier molecular flexibility index (Phi) is 4.26. The minimum absolute atomic E-state index is 0.133. The summed E-state index contributed by atoms with van der Waals surface area (Å²) in [6, 6.07) is 0. The molecule has 0 saturated carbocycles. The van der Waals surface area contributed by atoms with Gasteiger partial charge in [-0.25, -0.2) is 4.98 Å². The van der Waals surface area contributed by atoms with Crippen LogP contribution < -0.4 is 0 Å². The summed E-state index contributed by atoms with van der Waals surface area (Å²) in [4.78, 5) is 19.5. The molecule has 0 radical (unpaired) electrons. The van der Waals surface area contributed by atoms with E-state index in [2.05, 4.69) is 21.6 Å². The highest BCUT2D eigenvalue weighted by molar-refractivity contribution is 7.15. The second kappa shape index (κ2) is 6.15. The predicted molar refractivity (Wildman–Crippen MR) is 82.7 cm³/mol. The van der Waals surface area contributed by atoms with E-state index in [0.717, 1.165) is 43.9 Å². The highest BCUT2D eigenvalue weighted by Crippen LogP contribution is 2.26. The number of aromatic nitrogens is 2. The Bertz CT molecular complexity index is 647. The monoisotopic (exact) mass is 307 g/mol. The molecule has 3 heterocycles. The molecule has 114 valence electrons. The van der Waals surface area contributed by atoms with Crippen LogP contribution in [0.4, 0.5) is 0 Å². The second-order valence-corrected chi connectivity index (χ2v) is 6.24. The van der Waals surface area contributed by atoms with Gasteiger partial charge >= 0.3 is 5.97 Å². The number of hydrogen-bond donors (Lipinski definition) is 0. The quantitative estimate of drug-likeness (QED) is 0.795. The van der Waals surface area contributed by atoms with Gasteiger partial charge < -0.3 is 4.74 Å². The Labute approximate surface area is 128 Å². The van der Waals surface area contributed by atoms with Crippen molar-refractivity contribution in [3.63, 3.8) is 0 Å². The SMILES string of the molecule is CCN1CCc2nc3scc(CCCC(=O)OC)n3c2C1. The Morgan fingerprint density at radius 2 is 2.38 bits per heavy atom. The van der Waals surface area contributed by atoms with Crippen molar-refractivity contribution in [2.75, 3.05) is 20.2 Å². The van der Waals surface area contributed by atoms with Crippen LogP contribution in [0, 0.1) is 0 Å². The number of rotatable bonds is 5. The van der Waals surface area contributed by atoms with Gasteiger partial charge in [-0.05, 0) is 19.4 Å². The van der Waals surface area contributed by atoms with Gasteiger partial charge in [0.25, 0.3) is 0 Å². The van der Waals surface area contributed by atoms with Gasteiger partial charge in [-0.3, -0.25) is 14.1 Å². The minimum atomic E-state index is -0.133. The molecule has 6 heteroatoms. The topological polar surface area (TPSA) is 46.8 Å². The third kappa shape index (κ3) is 2.82. The van der Waals surface area contributed by atoms with Crippen LogP contribution in [0.5, 0.6) is 0 Å². The van der Waals surface area contributed by atoms with E-state index in [1.165, 1.54) is 24.2 Å². The smallest absolute Gasteiger partial charge is 0.305 e. The zero-order valence-electron chi connectivity index (χ0n) is 12.6. The van der Waals surface area contributed by atoms with Crippen molar-refractivity contribution in [3.8, 4) is 0 Å². The number of imidazole rings is 1. The summed E-state index contributed by atoms with van der Waals surface area (Å²) in [5.41, 5.74) is 3.86. The molecule has 1 aliphatic heterocycles. The molecule has 0 unspecified atom stereocenters. The molecule has 0 N–H and O–H groups in total. The minimum Gasteiger partial charge on any atom is -0.469 e. The van der Waals surface area contributed by atoms with Crippen LogP contribution in [0.15, 0.2) is 5.38 Å². The molecule has 3 rings (SSSR count). The molecule has 0 fully saturated rings. The number of fused-ring (bicyclic) bond motifs is 3. The third-order valence-electron chi connectivity index (χ3n) is 4.14. The van der Waals surface area contributed by atoms with E-state index in [1.807, 2.05) is 0 Å². The molecule has 0 aliphatic carbocycles. The first-order valence-electron chi connectivity index (χ1n) is 7.48. The van der Waals surface area contributed by atoms with Crippen LogP contribution in [0.1, 0.15) is 36.8 Å². The van der Waals surface area contributed by atoms with E-state index >= 15 is 0 Å². The standard InChI is InChI=1S/C15H21N3O2S/c1-3-17-8-7-12-13(9-17)18-11(10-21-15(18)16-12)5-4-6-14(19)20-2/h10H,3-9H2,1-2H3. The number of ether oxygens (including phenoxy) is 1. The maximum atomic E-state index is 11.2. The zero-order chi connectivity index (χ0) is 14.8. The van der Waals surface area contributed by atoms with Crippen LogP contribution in [0.2, 0.25) is 0 Å². The zero-order valence-corrected chi connectivity index (χ0v) is 13.4. The first-order chi connectivity index (χ1) is 10.2. The van der Waals surface area contributed by atoms with Crippen molar-refractivity contribution >= 4 is 22.3 Å². The van der Waals surface area contributed by atoms with Crippen LogP contribution in [0.3, 0.4) is 0 Å². The molecule has 0 amide bonds. The summed E-state index contributed by atoms with van der Waals surface area (Å²) in [7, 11) is 1.44. The molecular formula is C15H21N3O2S. The lowest BCUT2D eigenvalue weighted by molar-refractivity contribution is -0.140. The van der Waals surface area contributed by atoms with E-state index in [1.54, 1.807) is 11.3 Å². The number of esters is 1. The van der Waals surface area contributed by atoms with Crippen LogP contribution in [-0.2, 0) is 28.9 Å². The number of carbonyl (C=O) groups excluding carboxylic acids is 1. The molecule has 2 aromatic heterocycles. The summed E-state index contributed by atoms with van der Waals surface area (Å²) in [6.45, 7) is 5.36. The van der Waals surface area contributed by atoms with Crippen molar-refractivity contribution in [1.82, 2.24) is 14.3 Å². The van der Waals surface area contributed by atoms with Gasteiger partial charge in [-0.2, -0.15) is 0 Å². The lowest BCUT2D eigenvalue weighted by Gasteiger charge is -2.25. The number of aryl methyl sites for hydroxylation is 1. The molecule has 2 aromatic rings. The van der Waals surface area contributed by atoms with Gasteiger partial charge in [0.1, 0.15) is 0 Å². The molecule has 1 aliphatic rings. The fourth-order valence-electron chi connectivity index (χ4n) is 2.90. The van der Waals surface area contributed by atoms with E-state index in [0.29, 0.717) is 6.42 Å². The number of likely N-dealkylation sites (N-methyl/N-ethyl adjacent to an activating group) is 1. The second-order valence-electron chi connectivity index (χ2n) is 5.40. The number of hydrogen-bond acceptors (Lipinski definition) is 5. The Morgan fingerprint density at radius 1 is 1.52 bits per heavy atom. The highest BCUT2D eigenvalue weighted by Gasteiger charge is 2.22. The van der Waals surface area contributed by atoms with Gasteiger partial charge in [0.2, 0.25) is 0 Å². The number of thiazole rings is 1. The van der Waals surface area contributed by atoms with E-state index in [4.69, 9.17) is 9.72 Å². The van der Waals surface area contributed by atoms with E-state index in [9.17, 15) is 4.79 Å². The summed E-state index contributed by atoms with van der Waals surface area (Å²) >= 11 is 1.70. The average Bonchev–Trinajstić information content (AvgIpc) is 3.06. The molecule has 0 atom stereocenters. The average molecular weight is 307 g/mol. The van der Waals surface area contributed by atoms with Gasteiger partial charge in [0, 0.05) is 37.0 Å². The fourth-order valence-corrected chi connectivity index (χ4v) is 3.86. The maximum Gasteiger partial charge on any atom is 0.305 e. The lowest BCUT2D eigenvalue weighted by Crippen LogP contribution is -2.30. The third-order valence-corrected chi connectivity index (χ3v) is 5.01. The lowest BCUT2D eigenvalue weighted by atomic mass is 10.1. The normalized spacial score (nSPS) is 15.3. The summed E-state index contributed by atoms with van der Waals surface area (Å²) in [6.07, 6.45) is 3.23. The number of carbonyl (C=O) groups is 1. The molecule has 0 spiro atoms. The Morgan fingerprint density at radius 3 is 3.14 bits per heavy atom. The predicted octanol–water partition coefficient (Wildman–Crippen LogP) is 2.27. The van der Waals surface area contributed by atoms with Crippen molar-refractivity contribution in [3.05, 3.63) is 22.5 Å². The van der Waals surface area contributed by atoms with Crippen LogP contribution >= 0.6 is 11.3 Å². The van der Waals surface area contributed by atoms with Crippen molar-refractivity contribution in [2.45, 2.75) is 39.2 Å². The van der Waals surface area contributed by atoms with E-state index < -0.39 is 0 Å². The van der Waals surface area contributed by atoms with Crippen LogP contribution in [0.25, 0.3) is 4.96 Å². The number of methoxy groups -OCH3 is 1. The molecular weight excluding hydrogens is 286 g/mol. The molecule has 0 saturated heterocycles. The Balaban J connectivity index is 1.80. The van der Waals surface area contributed by atoms with Crippen LogP contribution in [-0.4, -0.2) is 40.5 Å². The molecule has 21 heavy (non-hydrogen) atoms. The first kappa shape index (κ1) is 14.5. The largest absolute Gasteiger partial charge is 0.469 e. The summed E-state index contributed by atoms with van der Waals surface area (Å²) < 4.78 is 7.00. The van der Waals surface area contributed by atoms with Gasteiger partial charge in [-0.15, -0.1) is 11.3 Å². The number of nitrogens with zero attached hydrogens (tertiary/aromatic N) is 3. The Hall–Kier alpha value is -1.40. The van der Waals surface area contributed by atoms with Gasteiger partial charge in [-0.1, -0.05) is 6.92 Å². The van der Waals surface area contributed by atoms with Gasteiger partial charge in [0.15, 0.2) is 4.96 Å². The maximum absolute atomic E-state index is 11.2. The first-order valence-corrected chi connectivity index (χ1v) is 8.36. The van der Waals surface area contributed by atoms with E-state index in [-0.39, 0.29) is 5.97 Å². The summed E-state index contributed by atoms with van der Waals surface area (Å²) in [5, 5.41) is 2.17. The van der Waals surface area contributed by atoms with Crippen molar-refractivity contribution < 1.29 is 9.53 Å². The highest BCUT2D eigenvalue weighted by atomic mass is 32.1. The van der Waals surface area contributed by atoms with Gasteiger partial charge in [0.05, 0.1) is 18.5 Å².